The zero-order valence-electron chi connectivity index (χ0n) is 68.6. The maximum absolute atomic E-state index is 14.4. The van der Waals surface area contributed by atoms with Gasteiger partial charge in [-0.15, -0.1) is 0 Å². The van der Waals surface area contributed by atoms with Crippen LogP contribution in [0.2, 0.25) is 0 Å². The molecule has 0 spiro atoms. The van der Waals surface area contributed by atoms with Crippen LogP contribution in [0, 0.1) is 11.8 Å². The first kappa shape index (κ1) is 102. The summed E-state index contributed by atoms with van der Waals surface area (Å²) < 4.78 is 11.7. The Hall–Kier alpha value is -12.9. The molecule has 0 bridgehead atoms. The third-order valence-electron chi connectivity index (χ3n) is 17.8. The summed E-state index contributed by atoms with van der Waals surface area (Å²) in [5, 5.41) is 77.1. The molecule has 0 aliphatic carbocycles. The van der Waals surface area contributed by atoms with Crippen molar-refractivity contribution in [3.63, 3.8) is 0 Å². The molecule has 6 aromatic rings. The van der Waals surface area contributed by atoms with Crippen molar-refractivity contribution < 1.29 is 102 Å². The Balaban J connectivity index is 1.13. The van der Waals surface area contributed by atoms with Crippen LogP contribution in [0.1, 0.15) is 146 Å². The van der Waals surface area contributed by atoms with Gasteiger partial charge in [0.25, 0.3) is 11.5 Å². The second kappa shape index (κ2) is 52.7. The molecule has 670 valence electrons. The van der Waals surface area contributed by atoms with Crippen LogP contribution >= 0.6 is 43.2 Å². The molecule has 0 saturated heterocycles. The topological polar surface area (TPSA) is 656 Å². The number of rotatable bonds is 56. The van der Waals surface area contributed by atoms with E-state index < -0.39 is 198 Å². The summed E-state index contributed by atoms with van der Waals surface area (Å²) in [6, 6.07) is 0.352. The fourth-order valence-electron chi connectivity index (χ4n) is 11.4. The number of nitrogen functional groups attached to an aromatic ring is 1. The van der Waals surface area contributed by atoms with E-state index in [2.05, 4.69) is 101 Å². The van der Waals surface area contributed by atoms with Gasteiger partial charge in [0.15, 0.2) is 11.2 Å². The van der Waals surface area contributed by atoms with Crippen LogP contribution < -0.4 is 69.8 Å². The van der Waals surface area contributed by atoms with Gasteiger partial charge in [0.1, 0.15) is 36.3 Å². The van der Waals surface area contributed by atoms with Crippen LogP contribution in [-0.4, -0.2) is 247 Å². The molecular formula is C78H96B2N20O22S4. The molecule has 42 nitrogen and oxygen atoms in total. The van der Waals surface area contributed by atoms with Gasteiger partial charge >= 0.3 is 382 Å². The summed E-state index contributed by atoms with van der Waals surface area (Å²) in [4.78, 5) is 244. The average Bonchev–Trinajstić information content (AvgIpc) is 0.808. The molecule has 10 atom stereocenters. The number of carbonyl (C=O) groups is 15. The fourth-order valence-corrected chi connectivity index (χ4v) is 15.7. The van der Waals surface area contributed by atoms with Crippen LogP contribution in [-0.2, 0) is 86.7 Å². The molecule has 126 heavy (non-hydrogen) atoms. The van der Waals surface area contributed by atoms with E-state index in [0.29, 0.717) is 44.2 Å². The summed E-state index contributed by atoms with van der Waals surface area (Å²) in [6.07, 6.45) is 8.53. The van der Waals surface area contributed by atoms with Crippen molar-refractivity contribution in [3.8, 4) is 0 Å². The number of benzene rings is 2. The number of hydrogen-bond acceptors (Lipinski definition) is 30. The number of aliphatic carboxylic acids is 5. The maximum atomic E-state index is 14.4. The average molecular weight is 1820 g/mol. The number of nitrogens with zero attached hydrogens (tertiary/aromatic N) is 7. The van der Waals surface area contributed by atoms with Gasteiger partial charge in [-0.1, -0.05) is 21.6 Å². The van der Waals surface area contributed by atoms with Crippen LogP contribution in [0.3, 0.4) is 0 Å². The van der Waals surface area contributed by atoms with Crippen molar-refractivity contribution in [1.82, 2.24) is 93.0 Å². The Bertz CT molecular complexity index is 4960. The first-order chi connectivity index (χ1) is 60.0. The number of nitrogens with one attached hydrogen (secondary N) is 12. The monoisotopic (exact) mass is 1810 g/mol. The number of amides is 10. The second-order valence-electron chi connectivity index (χ2n) is 28.9. The van der Waals surface area contributed by atoms with Gasteiger partial charge in [-0.05, 0) is 30.7 Å². The van der Waals surface area contributed by atoms with Gasteiger partial charge in [0.05, 0.1) is 37.7 Å². The van der Waals surface area contributed by atoms with E-state index >= 15 is 0 Å². The van der Waals surface area contributed by atoms with Crippen molar-refractivity contribution in [3.05, 3.63) is 160 Å². The molecule has 0 saturated carbocycles. The quantitative estimate of drug-likeness (QED) is 0.0110. The minimum absolute atomic E-state index is 0.0174. The van der Waals surface area contributed by atoms with Crippen molar-refractivity contribution in [1.29, 1.82) is 0 Å². The van der Waals surface area contributed by atoms with E-state index in [1.807, 2.05) is 44.4 Å². The van der Waals surface area contributed by atoms with Crippen molar-refractivity contribution in [2.75, 3.05) is 22.6 Å². The zero-order chi connectivity index (χ0) is 92.5. The molecule has 0 radical (unpaired) electrons. The number of fused-ring (bicyclic) bond motifs is 1. The van der Waals surface area contributed by atoms with Gasteiger partial charge < -0.3 is 68.5 Å². The number of aromatic amines is 1. The molecule has 10 amide bonds. The van der Waals surface area contributed by atoms with Crippen LogP contribution in [0.25, 0.3) is 11.2 Å². The number of nitrogens with two attached hydrogens (primary N) is 1. The normalized spacial score (nSPS) is 13.4. The Morgan fingerprint density at radius 3 is 1.49 bits per heavy atom. The van der Waals surface area contributed by atoms with Gasteiger partial charge in [-0.3, -0.25) is 52.9 Å². The van der Waals surface area contributed by atoms with Crippen molar-refractivity contribution in [2.45, 2.75) is 177 Å². The fraction of sp³-hybridized carbons (Fsp3) is 0.410. The number of carbonyl (C=O) groups excluding carboxylic acids is 10. The molecule has 4 heterocycles. The van der Waals surface area contributed by atoms with E-state index in [-0.39, 0.29) is 88.2 Å². The third kappa shape index (κ3) is 36.1. The Labute approximate surface area is 737 Å². The first-order valence-electron chi connectivity index (χ1n) is 39.0. The molecule has 4 aromatic heterocycles. The van der Waals surface area contributed by atoms with Crippen molar-refractivity contribution >= 4 is 175 Å². The summed E-state index contributed by atoms with van der Waals surface area (Å²) in [7, 11) is 4.37. The Morgan fingerprint density at radius 1 is 0.508 bits per heavy atom. The Morgan fingerprint density at radius 2 is 0.992 bits per heavy atom. The van der Waals surface area contributed by atoms with E-state index in [1.165, 1.54) is 42.9 Å². The molecule has 6 rings (SSSR count). The molecule has 0 aliphatic heterocycles. The van der Waals surface area contributed by atoms with Gasteiger partial charge in [0.2, 0.25) is 35.5 Å². The molecule has 48 heteroatoms. The summed E-state index contributed by atoms with van der Waals surface area (Å²) >= 11 is 0. The molecule has 19 N–H and O–H groups in total. The van der Waals surface area contributed by atoms with Crippen LogP contribution in [0.5, 0.6) is 0 Å². The molecule has 0 fully saturated rings. The Kier molecular flexibility index (Phi) is 42.6. The predicted molar refractivity (Wildman–Crippen MR) is 468 cm³/mol. The predicted octanol–water partition coefficient (Wildman–Crippen LogP) is 1.06. The van der Waals surface area contributed by atoms with Crippen LogP contribution in [0.4, 0.5) is 11.6 Å². The van der Waals surface area contributed by atoms with E-state index in [1.54, 1.807) is 49.4 Å². The van der Waals surface area contributed by atoms with Gasteiger partial charge in [-0.2, -0.15) is 4.98 Å². The number of anilines is 2. The number of unbranched alkanes of at least 4 members (excludes halogenated alkanes) is 1. The van der Waals surface area contributed by atoms with E-state index in [9.17, 15) is 107 Å². The molecule has 0 aliphatic rings. The SMILES string of the molecule is C=B[C@H](CC(C)C)NC(=O)[C@H](Cc1ccccc1)NC(=O)c1cnc(CSSC[C@H](NC(=O)CC[C@H](NC(=O)c2ccc(NCc3cnc4nc(N)[nH]c(=O)c4n3)cc2)C(=O)O)C(=O)N[C@@H](CC(=O)O)C(=O)N[C@@H](CC(=O)O)C(=O)N[C@@H](CC(=O)O)C(=O)N[C@@H](CSSCc2cnc(C(=O)N[C@@H](C/C=C/CCC=C)C(=O)N[C@H](B=O)CC(C)C)cn2)C(=O)O)cn1. The van der Waals surface area contributed by atoms with Crippen molar-refractivity contribution in [2.24, 2.45) is 11.8 Å². The number of hydrogen-bond donors (Lipinski definition) is 18. The third-order valence-corrected chi connectivity index (χ3v) is 22.4. The van der Waals surface area contributed by atoms with Crippen LogP contribution in [0.15, 0.2) is 115 Å². The molecular weight excluding hydrogens is 1720 g/mol. The van der Waals surface area contributed by atoms with E-state index in [4.69, 9.17) is 5.73 Å². The number of allylic oxidation sites excluding steroid dienone is 2. The van der Waals surface area contributed by atoms with Gasteiger partial charge in [-0.25, -0.2) is 19.6 Å². The molecule has 0 unspecified atom stereocenters. The number of carboxylic acid groups (broad SMARTS) is 5. The number of aromatic nitrogens is 8. The second-order valence-corrected chi connectivity index (χ2v) is 33.9. The first-order valence-corrected chi connectivity index (χ1v) is 44.0. The minimum atomic E-state index is -2.31. The number of carboxylic acids is 5. The van der Waals surface area contributed by atoms with Gasteiger partial charge in [0, 0.05) is 29.2 Å². The summed E-state index contributed by atoms with van der Waals surface area (Å²) in [6.45, 7) is 16.9. The standard InChI is InChI=1S/C78H96B2N20O22S4/c1-7-8-9-10-14-17-48(67(109)98-59(80-122)25-41(4)5)90-72(114)54-34-83-47(32-85-54)37-124-126-39-57(77(120)121)96-70(112)53(29-63(106)107)94-68(110)51(27-61(102)103)93-69(111)52(28-62(104)105)95-74(116)56(38-125-123-36-46-33-86-55(35-84-46)73(115)92-50(26-42-15-12-11-13-16-42)71(113)97-58(79-6)24-40(2)3)89-60(101)23-22-49(76(118)119)91-66(108)43-18-20-44(21-19-43)82-30-45-31-87-65-64(88-45)75(117)100-78(81)99-65/h7,10-16,18-21,31-35,40-41,48-53,56-59,82H,1,6,8-9,17,22-30,36-39H2,2-5H3,(H,89,101)(H,90,114)(H,91,108)(H,92,115)(H,93,111)(H,94,110)(H,95,116)(H,96,112)(H,97,113)(H,98,109)(H,102,103)(H,104,105)(H,106,107)(H,118,119)(H,120,121)(H3,81,87,99,100,117)/b14-10+/t48-,49-,50-,51-,52-,53-,56-,57-,58-,59-/m0/s1. The molecule has 2 aromatic carbocycles. The number of H-pyrrole nitrogens is 1. The zero-order valence-corrected chi connectivity index (χ0v) is 71.9. The summed E-state index contributed by atoms with van der Waals surface area (Å²) in [5.41, 5.74) is 6.62. The summed E-state index contributed by atoms with van der Waals surface area (Å²) in [5.74, 6) is -20.9. The van der Waals surface area contributed by atoms with E-state index in [0.717, 1.165) is 61.1 Å².